The fourth-order valence-corrected chi connectivity index (χ4v) is 0.477. The van der Waals surface area contributed by atoms with Crippen LogP contribution in [0.2, 0.25) is 0 Å². The average Bonchev–Trinajstić information content (AvgIpc) is 1.64. The van der Waals surface area contributed by atoms with E-state index in [4.69, 9.17) is 10.3 Å². The van der Waals surface area contributed by atoms with E-state index in [1.807, 2.05) is 0 Å². The first-order valence-electron chi connectivity index (χ1n) is 1.96. The van der Waals surface area contributed by atoms with Crippen LogP contribution in [-0.2, 0) is 15.9 Å². The number of hydrogen-bond acceptors (Lipinski definition) is 3. The lowest BCUT2D eigenvalue weighted by molar-refractivity contribution is -0.112. The lowest BCUT2D eigenvalue weighted by Crippen LogP contribution is -2.29. The molecule has 1 unspecified atom stereocenters. The maximum atomic E-state index is 10.2. The zero-order chi connectivity index (χ0) is 6.73. The molecular formula is C3H7NO3S. The van der Waals surface area contributed by atoms with E-state index in [9.17, 15) is 9.00 Å². The fraction of sp³-hybridized carbons (Fsp3) is 0.667. The van der Waals surface area contributed by atoms with Gasteiger partial charge in [-0.15, -0.1) is 0 Å². The number of carbonyl (C=O) groups excluding carboxylic acids is 1. The molecule has 0 saturated heterocycles. The summed E-state index contributed by atoms with van der Waals surface area (Å²) in [5.41, 5.74) is 4.93. The highest BCUT2D eigenvalue weighted by Gasteiger charge is 2.12. The number of hydrogen-bond donors (Lipinski definition) is 2. The maximum absolute atomic E-state index is 10.2. The minimum Gasteiger partial charge on any atom is -0.321 e. The lowest BCUT2D eigenvalue weighted by atomic mass is 10.4. The van der Waals surface area contributed by atoms with Crippen molar-refractivity contribution in [3.63, 3.8) is 0 Å². The molecule has 0 bridgehead atoms. The molecular weight excluding hydrogens is 130 g/mol. The van der Waals surface area contributed by atoms with Crippen LogP contribution in [0.5, 0.6) is 0 Å². The molecule has 8 heavy (non-hydrogen) atoms. The van der Waals surface area contributed by atoms with E-state index in [1.54, 1.807) is 0 Å². The van der Waals surface area contributed by atoms with Gasteiger partial charge >= 0.3 is 0 Å². The van der Waals surface area contributed by atoms with Gasteiger partial charge in [0.2, 0.25) is 11.1 Å². The average molecular weight is 137 g/mol. The Balaban J connectivity index is 3.84. The normalized spacial score (nSPS) is 17.4. The fourth-order valence-electron chi connectivity index (χ4n) is 0.159. The second-order valence-corrected chi connectivity index (χ2v) is 2.26. The van der Waals surface area contributed by atoms with E-state index in [2.05, 4.69) is 0 Å². The van der Waals surface area contributed by atoms with Gasteiger partial charge in [-0.05, 0) is 6.92 Å². The van der Waals surface area contributed by atoms with Crippen LogP contribution < -0.4 is 5.73 Å². The quantitative estimate of drug-likeness (QED) is 0.458. The Morgan fingerprint density at radius 3 is 2.25 bits per heavy atom. The molecule has 0 aromatic rings. The van der Waals surface area contributed by atoms with Gasteiger partial charge in [-0.2, -0.15) is 0 Å². The molecule has 4 nitrogen and oxygen atoms in total. The van der Waals surface area contributed by atoms with Gasteiger partial charge in [-0.3, -0.25) is 9.35 Å². The second kappa shape index (κ2) is 2.91. The summed E-state index contributed by atoms with van der Waals surface area (Å²) < 4.78 is 17.9. The van der Waals surface area contributed by atoms with Gasteiger partial charge in [0.1, 0.15) is 0 Å². The Kier molecular flexibility index (Phi) is 2.81. The van der Waals surface area contributed by atoms with E-state index in [1.165, 1.54) is 6.92 Å². The molecule has 0 radical (unpaired) electrons. The summed E-state index contributed by atoms with van der Waals surface area (Å²) >= 11 is -2.40. The highest BCUT2D eigenvalue weighted by molar-refractivity contribution is 7.95. The summed E-state index contributed by atoms with van der Waals surface area (Å²) in [4.78, 5) is 10.2. The third-order valence-corrected chi connectivity index (χ3v) is 1.26. The van der Waals surface area contributed by atoms with Crippen LogP contribution in [0.3, 0.4) is 0 Å². The molecule has 0 aliphatic heterocycles. The Hall–Kier alpha value is -0.260. The predicted octanol–water partition coefficient (Wildman–Crippen LogP) is -0.918. The molecule has 0 aromatic carbocycles. The number of rotatable bonds is 1. The van der Waals surface area contributed by atoms with Gasteiger partial charge in [-0.25, -0.2) is 4.21 Å². The van der Waals surface area contributed by atoms with Gasteiger partial charge in [0.15, 0.2) is 0 Å². The molecule has 2 atom stereocenters. The molecule has 0 aliphatic rings. The Bertz CT molecular complexity index is 122. The Labute approximate surface area is 49.3 Å². The first kappa shape index (κ1) is 7.74. The number of carbonyl (C=O) groups is 1. The molecule has 3 N–H and O–H groups in total. The minimum absolute atomic E-state index is 0.843. The van der Waals surface area contributed by atoms with Crippen LogP contribution >= 0.6 is 0 Å². The van der Waals surface area contributed by atoms with Crippen molar-refractivity contribution in [3.8, 4) is 0 Å². The zero-order valence-corrected chi connectivity index (χ0v) is 5.14. The molecule has 0 amide bonds. The molecule has 0 rings (SSSR count). The third kappa shape index (κ3) is 2.15. The van der Waals surface area contributed by atoms with Gasteiger partial charge < -0.3 is 5.73 Å². The van der Waals surface area contributed by atoms with E-state index in [0.29, 0.717) is 0 Å². The SMILES string of the molecule is C[C@H](N)C(=O)S(=O)O. The van der Waals surface area contributed by atoms with E-state index < -0.39 is 22.2 Å². The van der Waals surface area contributed by atoms with Crippen molar-refractivity contribution < 1.29 is 13.6 Å². The largest absolute Gasteiger partial charge is 0.321 e. The number of nitrogens with two attached hydrogens (primary N) is 1. The van der Waals surface area contributed by atoms with Crippen molar-refractivity contribution in [3.05, 3.63) is 0 Å². The summed E-state index contributed by atoms with van der Waals surface area (Å²) in [5.74, 6) is 0. The monoisotopic (exact) mass is 137 g/mol. The van der Waals surface area contributed by atoms with E-state index in [0.717, 1.165) is 0 Å². The van der Waals surface area contributed by atoms with E-state index >= 15 is 0 Å². The van der Waals surface area contributed by atoms with Crippen LogP contribution in [0.25, 0.3) is 0 Å². The molecule has 0 spiro atoms. The van der Waals surface area contributed by atoms with Crippen molar-refractivity contribution in [2.45, 2.75) is 13.0 Å². The van der Waals surface area contributed by atoms with Gasteiger partial charge in [0.25, 0.3) is 5.12 Å². The Morgan fingerprint density at radius 1 is 1.88 bits per heavy atom. The Morgan fingerprint density at radius 2 is 2.25 bits per heavy atom. The summed E-state index contributed by atoms with van der Waals surface area (Å²) in [5, 5.41) is -0.843. The smallest absolute Gasteiger partial charge is 0.262 e. The van der Waals surface area contributed by atoms with Crippen LogP contribution in [0.1, 0.15) is 6.92 Å². The summed E-state index contributed by atoms with van der Waals surface area (Å²) in [6.07, 6.45) is 0. The standard InChI is InChI=1S/C3H7NO3S/c1-2(4)3(5)8(6)7/h2H,4H2,1H3,(H,6,7)/t2-/m0/s1. The molecule has 0 heterocycles. The van der Waals surface area contributed by atoms with Crippen molar-refractivity contribution >= 4 is 16.2 Å². The summed E-state index contributed by atoms with van der Waals surface area (Å²) in [7, 11) is 0. The van der Waals surface area contributed by atoms with Crippen LogP contribution in [0.15, 0.2) is 0 Å². The van der Waals surface area contributed by atoms with Gasteiger partial charge in [0.05, 0.1) is 6.04 Å². The molecule has 0 aliphatic carbocycles. The highest BCUT2D eigenvalue weighted by Crippen LogP contribution is 1.82. The predicted molar refractivity (Wildman–Crippen MR) is 29.4 cm³/mol. The van der Waals surface area contributed by atoms with Crippen molar-refractivity contribution in [1.29, 1.82) is 0 Å². The van der Waals surface area contributed by atoms with Crippen LogP contribution in [0.4, 0.5) is 0 Å². The third-order valence-electron chi connectivity index (χ3n) is 0.544. The summed E-state index contributed by atoms with van der Waals surface area (Å²) in [6.45, 7) is 1.36. The first-order chi connectivity index (χ1) is 3.55. The van der Waals surface area contributed by atoms with Crippen molar-refractivity contribution in [1.82, 2.24) is 0 Å². The first-order valence-corrected chi connectivity index (χ1v) is 3.06. The molecule has 48 valence electrons. The summed E-state index contributed by atoms with van der Waals surface area (Å²) in [6, 6.07) is -0.846. The molecule has 0 saturated carbocycles. The molecule has 5 heteroatoms. The van der Waals surface area contributed by atoms with Crippen LogP contribution in [0, 0.1) is 0 Å². The van der Waals surface area contributed by atoms with Crippen molar-refractivity contribution in [2.24, 2.45) is 5.73 Å². The van der Waals surface area contributed by atoms with Crippen molar-refractivity contribution in [2.75, 3.05) is 0 Å². The highest BCUT2D eigenvalue weighted by atomic mass is 32.2. The lowest BCUT2D eigenvalue weighted by Gasteiger charge is -1.95. The van der Waals surface area contributed by atoms with Crippen LogP contribution in [-0.4, -0.2) is 19.9 Å². The van der Waals surface area contributed by atoms with Gasteiger partial charge in [0, 0.05) is 0 Å². The molecule has 0 aromatic heterocycles. The zero-order valence-electron chi connectivity index (χ0n) is 4.33. The van der Waals surface area contributed by atoms with E-state index in [-0.39, 0.29) is 0 Å². The second-order valence-electron chi connectivity index (χ2n) is 1.36. The maximum Gasteiger partial charge on any atom is 0.262 e. The minimum atomic E-state index is -2.40. The topological polar surface area (TPSA) is 80.4 Å². The van der Waals surface area contributed by atoms with Gasteiger partial charge in [-0.1, -0.05) is 0 Å². The molecule has 0 fully saturated rings.